The highest BCUT2D eigenvalue weighted by molar-refractivity contribution is 7.89. The van der Waals surface area contributed by atoms with Crippen LogP contribution in [0.2, 0.25) is 0 Å². The quantitative estimate of drug-likeness (QED) is 0.708. The topological polar surface area (TPSA) is 118 Å². The smallest absolute Gasteiger partial charge is 0.313 e. The first kappa shape index (κ1) is 18.4. The van der Waals surface area contributed by atoms with Crippen LogP contribution in [0.25, 0.3) is 0 Å². The summed E-state index contributed by atoms with van der Waals surface area (Å²) in [5.74, 6) is -0.845. The SMILES string of the molecule is CCC1CCCC(NC(=O)C(=O)Nc2ccc(S(N)(=O)=O)cc2)C1. The minimum Gasteiger partial charge on any atom is -0.345 e. The van der Waals surface area contributed by atoms with Crippen LogP contribution in [0.4, 0.5) is 5.69 Å². The highest BCUT2D eigenvalue weighted by Crippen LogP contribution is 2.26. The maximum absolute atomic E-state index is 12.0. The molecule has 2 rings (SSSR count). The van der Waals surface area contributed by atoms with Gasteiger partial charge in [-0.05, 0) is 43.0 Å². The molecular formula is C16H23N3O4S. The number of carbonyl (C=O) groups is 2. The molecule has 2 amide bonds. The van der Waals surface area contributed by atoms with Gasteiger partial charge in [0.2, 0.25) is 10.0 Å². The summed E-state index contributed by atoms with van der Waals surface area (Å²) in [4.78, 5) is 23.9. The second-order valence-corrected chi connectivity index (χ2v) is 7.70. The lowest BCUT2D eigenvalue weighted by atomic mass is 9.84. The first-order valence-corrected chi connectivity index (χ1v) is 9.59. The highest BCUT2D eigenvalue weighted by Gasteiger charge is 2.24. The van der Waals surface area contributed by atoms with Gasteiger partial charge in [-0.15, -0.1) is 0 Å². The molecule has 2 unspecified atom stereocenters. The molecule has 0 bridgehead atoms. The third-order valence-electron chi connectivity index (χ3n) is 4.34. The van der Waals surface area contributed by atoms with Gasteiger partial charge in [0.05, 0.1) is 4.90 Å². The van der Waals surface area contributed by atoms with Crippen LogP contribution in [0.5, 0.6) is 0 Å². The van der Waals surface area contributed by atoms with Crippen molar-refractivity contribution in [1.29, 1.82) is 0 Å². The van der Waals surface area contributed by atoms with Crippen LogP contribution in [0.3, 0.4) is 0 Å². The largest absolute Gasteiger partial charge is 0.345 e. The number of nitrogens with one attached hydrogen (secondary N) is 2. The van der Waals surface area contributed by atoms with Crippen LogP contribution < -0.4 is 15.8 Å². The second-order valence-electron chi connectivity index (χ2n) is 6.13. The molecule has 0 aromatic heterocycles. The third kappa shape index (κ3) is 5.04. The van der Waals surface area contributed by atoms with Crippen molar-refractivity contribution in [2.45, 2.75) is 50.0 Å². The fraction of sp³-hybridized carbons (Fsp3) is 0.500. The van der Waals surface area contributed by atoms with Gasteiger partial charge in [0.1, 0.15) is 0 Å². The van der Waals surface area contributed by atoms with Crippen LogP contribution >= 0.6 is 0 Å². The summed E-state index contributed by atoms with van der Waals surface area (Å²) in [6.45, 7) is 2.13. The molecule has 1 aliphatic carbocycles. The summed E-state index contributed by atoms with van der Waals surface area (Å²) < 4.78 is 22.3. The number of amides is 2. The van der Waals surface area contributed by atoms with Crippen molar-refractivity contribution >= 4 is 27.5 Å². The Morgan fingerprint density at radius 2 is 1.83 bits per heavy atom. The number of hydrogen-bond donors (Lipinski definition) is 3. The molecule has 132 valence electrons. The molecule has 2 atom stereocenters. The second kappa shape index (κ2) is 7.76. The van der Waals surface area contributed by atoms with Crippen LogP contribution in [0.15, 0.2) is 29.2 Å². The van der Waals surface area contributed by atoms with E-state index >= 15 is 0 Å². The van der Waals surface area contributed by atoms with Crippen LogP contribution in [0.1, 0.15) is 39.0 Å². The van der Waals surface area contributed by atoms with E-state index in [0.717, 1.165) is 25.7 Å². The predicted octanol–water partition coefficient (Wildman–Crippen LogP) is 1.36. The van der Waals surface area contributed by atoms with E-state index in [2.05, 4.69) is 17.6 Å². The van der Waals surface area contributed by atoms with E-state index in [1.165, 1.54) is 30.7 Å². The van der Waals surface area contributed by atoms with Crippen LogP contribution in [-0.4, -0.2) is 26.3 Å². The highest BCUT2D eigenvalue weighted by atomic mass is 32.2. The molecule has 1 aromatic carbocycles. The maximum Gasteiger partial charge on any atom is 0.313 e. The van der Waals surface area contributed by atoms with Gasteiger partial charge in [-0.3, -0.25) is 9.59 Å². The molecule has 1 fully saturated rings. The molecule has 4 N–H and O–H groups in total. The Balaban J connectivity index is 1.90. The van der Waals surface area contributed by atoms with Gasteiger partial charge in [0, 0.05) is 11.7 Å². The summed E-state index contributed by atoms with van der Waals surface area (Å²) in [5, 5.41) is 10.2. The lowest BCUT2D eigenvalue weighted by Gasteiger charge is -2.28. The zero-order valence-electron chi connectivity index (χ0n) is 13.6. The lowest BCUT2D eigenvalue weighted by Crippen LogP contribution is -2.43. The number of sulfonamides is 1. The summed E-state index contributed by atoms with van der Waals surface area (Å²) >= 11 is 0. The van der Waals surface area contributed by atoms with Crippen LogP contribution in [0, 0.1) is 5.92 Å². The zero-order valence-corrected chi connectivity index (χ0v) is 14.4. The van der Waals surface area contributed by atoms with Gasteiger partial charge in [-0.1, -0.05) is 26.2 Å². The summed E-state index contributed by atoms with van der Waals surface area (Å²) in [5.41, 5.74) is 0.331. The monoisotopic (exact) mass is 353 g/mol. The van der Waals surface area contributed by atoms with Gasteiger partial charge in [0.15, 0.2) is 0 Å². The Morgan fingerprint density at radius 3 is 2.42 bits per heavy atom. The third-order valence-corrected chi connectivity index (χ3v) is 5.27. The number of hydrogen-bond acceptors (Lipinski definition) is 4. The standard InChI is InChI=1S/C16H23N3O4S/c1-2-11-4-3-5-13(10-11)19-16(21)15(20)18-12-6-8-14(9-7-12)24(17,22)23/h6-9,11,13H,2-5,10H2,1H3,(H,18,20)(H,19,21)(H2,17,22,23). The van der Waals surface area contributed by atoms with Crippen molar-refractivity contribution in [1.82, 2.24) is 5.32 Å². The Kier molecular flexibility index (Phi) is 5.95. The van der Waals surface area contributed by atoms with Crippen molar-refractivity contribution in [2.24, 2.45) is 11.1 Å². The van der Waals surface area contributed by atoms with Gasteiger partial charge in [0.25, 0.3) is 0 Å². The molecule has 1 aliphatic rings. The van der Waals surface area contributed by atoms with E-state index in [4.69, 9.17) is 5.14 Å². The molecule has 24 heavy (non-hydrogen) atoms. The molecule has 0 saturated heterocycles. The number of rotatable bonds is 4. The molecular weight excluding hydrogens is 330 g/mol. The number of anilines is 1. The van der Waals surface area contributed by atoms with E-state index in [0.29, 0.717) is 11.6 Å². The van der Waals surface area contributed by atoms with Crippen LogP contribution in [-0.2, 0) is 19.6 Å². The van der Waals surface area contributed by atoms with E-state index in [1.807, 2.05) is 0 Å². The minimum atomic E-state index is -3.78. The summed E-state index contributed by atoms with van der Waals surface area (Å²) in [6, 6.07) is 5.36. The first-order chi connectivity index (χ1) is 11.3. The zero-order chi connectivity index (χ0) is 17.7. The lowest BCUT2D eigenvalue weighted by molar-refractivity contribution is -0.136. The van der Waals surface area contributed by atoms with Crippen molar-refractivity contribution < 1.29 is 18.0 Å². The molecule has 1 saturated carbocycles. The Hall–Kier alpha value is -1.93. The Morgan fingerprint density at radius 1 is 1.17 bits per heavy atom. The average molecular weight is 353 g/mol. The van der Waals surface area contributed by atoms with E-state index in [9.17, 15) is 18.0 Å². The molecule has 1 aromatic rings. The Bertz CT molecular complexity index is 701. The fourth-order valence-electron chi connectivity index (χ4n) is 2.96. The summed E-state index contributed by atoms with van der Waals surface area (Å²) in [6.07, 6.45) is 5.09. The molecule has 7 nitrogen and oxygen atoms in total. The normalized spacial score (nSPS) is 21.1. The number of benzene rings is 1. The predicted molar refractivity (Wildman–Crippen MR) is 90.6 cm³/mol. The van der Waals surface area contributed by atoms with Crippen molar-refractivity contribution in [3.8, 4) is 0 Å². The molecule has 0 radical (unpaired) electrons. The maximum atomic E-state index is 12.0. The van der Waals surface area contributed by atoms with E-state index < -0.39 is 21.8 Å². The number of primary sulfonamides is 1. The summed E-state index contributed by atoms with van der Waals surface area (Å²) in [7, 11) is -3.78. The average Bonchev–Trinajstić information content (AvgIpc) is 2.54. The van der Waals surface area contributed by atoms with Gasteiger partial charge in [-0.2, -0.15) is 0 Å². The van der Waals surface area contributed by atoms with Crippen molar-refractivity contribution in [2.75, 3.05) is 5.32 Å². The van der Waals surface area contributed by atoms with Gasteiger partial charge < -0.3 is 10.6 Å². The van der Waals surface area contributed by atoms with Gasteiger partial charge in [-0.25, -0.2) is 13.6 Å². The Labute approximate surface area is 142 Å². The molecule has 8 heteroatoms. The minimum absolute atomic E-state index is 0.0340. The van der Waals surface area contributed by atoms with Crippen molar-refractivity contribution in [3.05, 3.63) is 24.3 Å². The van der Waals surface area contributed by atoms with E-state index in [-0.39, 0.29) is 10.9 Å². The van der Waals surface area contributed by atoms with E-state index in [1.54, 1.807) is 0 Å². The molecule has 0 heterocycles. The first-order valence-electron chi connectivity index (χ1n) is 8.04. The number of carbonyl (C=O) groups excluding carboxylic acids is 2. The molecule has 0 spiro atoms. The van der Waals surface area contributed by atoms with Gasteiger partial charge >= 0.3 is 11.8 Å². The number of nitrogens with two attached hydrogens (primary N) is 1. The fourth-order valence-corrected chi connectivity index (χ4v) is 3.48. The van der Waals surface area contributed by atoms with Crippen molar-refractivity contribution in [3.63, 3.8) is 0 Å². The molecule has 0 aliphatic heterocycles.